The Morgan fingerprint density at radius 2 is 2.50 bits per heavy atom. The molecule has 1 aliphatic carbocycles. The lowest BCUT2D eigenvalue weighted by Gasteiger charge is -2.28. The van der Waals surface area contributed by atoms with Crippen molar-refractivity contribution in [2.24, 2.45) is 0 Å². The Hall–Kier alpha value is -0.130. The normalized spacial score (nSPS) is 20.7. The van der Waals surface area contributed by atoms with E-state index in [0.717, 1.165) is 23.6 Å². The summed E-state index contributed by atoms with van der Waals surface area (Å²) in [5.41, 5.74) is 1.33. The van der Waals surface area contributed by atoms with Gasteiger partial charge in [0.1, 0.15) is 0 Å². The first-order valence-corrected chi connectivity index (χ1v) is 7.58. The minimum atomic E-state index is 0.0968. The number of ether oxygens (including phenoxy) is 1. The van der Waals surface area contributed by atoms with Crippen molar-refractivity contribution < 1.29 is 9.84 Å². The number of halogens is 1. The molecule has 0 fully saturated rings. The van der Waals surface area contributed by atoms with Gasteiger partial charge in [-0.05, 0) is 37.3 Å². The Balaban J connectivity index is 2.01. The molecule has 2 unspecified atom stereocenters. The number of fused-ring (bicyclic) bond motifs is 1. The van der Waals surface area contributed by atoms with E-state index < -0.39 is 0 Å². The molecule has 2 N–H and O–H groups in total. The van der Waals surface area contributed by atoms with E-state index in [4.69, 9.17) is 16.3 Å². The predicted octanol–water partition coefficient (Wildman–Crippen LogP) is 2.77. The molecule has 0 amide bonds. The molecule has 0 spiro atoms. The maximum Gasteiger partial charge on any atom is 0.0934 e. The van der Waals surface area contributed by atoms with Gasteiger partial charge in [0, 0.05) is 30.7 Å². The van der Waals surface area contributed by atoms with Crippen molar-refractivity contribution in [2.75, 3.05) is 20.3 Å². The van der Waals surface area contributed by atoms with Crippen LogP contribution in [0.4, 0.5) is 0 Å². The molecule has 0 saturated heterocycles. The number of methoxy groups -OCH3 is 1. The zero-order valence-electron chi connectivity index (χ0n) is 10.6. The number of hydrogen-bond acceptors (Lipinski definition) is 4. The van der Waals surface area contributed by atoms with Gasteiger partial charge in [0.2, 0.25) is 0 Å². The lowest BCUT2D eigenvalue weighted by molar-refractivity contribution is 0.153. The van der Waals surface area contributed by atoms with Gasteiger partial charge in [-0.15, -0.1) is 11.3 Å². The van der Waals surface area contributed by atoms with Gasteiger partial charge >= 0.3 is 0 Å². The zero-order valence-corrected chi connectivity index (χ0v) is 12.2. The second kappa shape index (κ2) is 6.87. The van der Waals surface area contributed by atoms with E-state index in [1.54, 1.807) is 18.4 Å². The van der Waals surface area contributed by atoms with Crippen molar-refractivity contribution >= 4 is 22.9 Å². The van der Waals surface area contributed by atoms with Crippen LogP contribution in [0, 0.1) is 0 Å². The molecule has 2 rings (SSSR count). The topological polar surface area (TPSA) is 41.5 Å². The van der Waals surface area contributed by atoms with E-state index >= 15 is 0 Å². The highest BCUT2D eigenvalue weighted by Crippen LogP contribution is 2.38. The van der Waals surface area contributed by atoms with E-state index in [9.17, 15) is 5.11 Å². The van der Waals surface area contributed by atoms with Gasteiger partial charge in [-0.3, -0.25) is 0 Å². The molecule has 102 valence electrons. The maximum atomic E-state index is 9.39. The number of aryl methyl sites for hydroxylation is 1. The highest BCUT2D eigenvalue weighted by molar-refractivity contribution is 7.16. The Labute approximate surface area is 117 Å². The molecular weight excluding hydrogens is 270 g/mol. The van der Waals surface area contributed by atoms with Gasteiger partial charge in [-0.25, -0.2) is 0 Å². The molecule has 0 aromatic carbocycles. The first-order valence-electron chi connectivity index (χ1n) is 6.38. The monoisotopic (exact) mass is 289 g/mol. The minimum absolute atomic E-state index is 0.0968. The summed E-state index contributed by atoms with van der Waals surface area (Å²) in [5, 5.41) is 12.9. The second-order valence-electron chi connectivity index (χ2n) is 4.70. The molecule has 5 heteroatoms. The van der Waals surface area contributed by atoms with Crippen molar-refractivity contribution in [1.82, 2.24) is 5.32 Å². The summed E-state index contributed by atoms with van der Waals surface area (Å²) >= 11 is 7.78. The summed E-state index contributed by atoms with van der Waals surface area (Å²) < 4.78 is 5.93. The minimum Gasteiger partial charge on any atom is -0.395 e. The summed E-state index contributed by atoms with van der Waals surface area (Å²) in [4.78, 5) is 1.40. The van der Waals surface area contributed by atoms with Crippen LogP contribution in [0.2, 0.25) is 4.34 Å². The number of thiophene rings is 1. The van der Waals surface area contributed by atoms with E-state index in [2.05, 4.69) is 11.4 Å². The Kier molecular flexibility index (Phi) is 5.45. The average Bonchev–Trinajstić information content (AvgIpc) is 2.75. The average molecular weight is 290 g/mol. The third kappa shape index (κ3) is 3.45. The highest BCUT2D eigenvalue weighted by Gasteiger charge is 2.24. The summed E-state index contributed by atoms with van der Waals surface area (Å²) in [6.07, 6.45) is 4.26. The predicted molar refractivity (Wildman–Crippen MR) is 75.5 cm³/mol. The van der Waals surface area contributed by atoms with E-state index in [1.807, 2.05) is 0 Å². The molecule has 1 heterocycles. The number of nitrogens with one attached hydrogen (secondary N) is 1. The van der Waals surface area contributed by atoms with Crippen molar-refractivity contribution in [2.45, 2.75) is 37.8 Å². The zero-order chi connectivity index (χ0) is 13.0. The first-order chi connectivity index (χ1) is 8.74. The molecule has 1 aromatic heterocycles. The third-order valence-corrected chi connectivity index (χ3v) is 4.75. The first kappa shape index (κ1) is 14.3. The molecule has 2 atom stereocenters. The number of aliphatic hydroxyl groups is 1. The fourth-order valence-electron chi connectivity index (χ4n) is 2.47. The van der Waals surface area contributed by atoms with Crippen LogP contribution in [0.15, 0.2) is 6.07 Å². The van der Waals surface area contributed by atoms with Crippen molar-refractivity contribution in [1.29, 1.82) is 0 Å². The van der Waals surface area contributed by atoms with E-state index in [-0.39, 0.29) is 12.6 Å². The highest BCUT2D eigenvalue weighted by atomic mass is 35.5. The van der Waals surface area contributed by atoms with Crippen molar-refractivity contribution in [3.05, 3.63) is 20.8 Å². The molecule has 18 heavy (non-hydrogen) atoms. The summed E-state index contributed by atoms with van der Waals surface area (Å²) in [5.74, 6) is 0. The molecular formula is C13H20ClNO2S. The Bertz CT molecular complexity index is 383. The molecule has 0 saturated carbocycles. The third-order valence-electron chi connectivity index (χ3n) is 3.41. The van der Waals surface area contributed by atoms with Gasteiger partial charge in [-0.2, -0.15) is 0 Å². The molecule has 3 nitrogen and oxygen atoms in total. The summed E-state index contributed by atoms with van der Waals surface area (Å²) in [7, 11) is 1.69. The molecule has 0 bridgehead atoms. The number of aliphatic hydroxyl groups excluding tert-OH is 1. The summed E-state index contributed by atoms with van der Waals surface area (Å²) in [6.45, 7) is 0.815. The van der Waals surface area contributed by atoms with Crippen LogP contribution >= 0.6 is 22.9 Å². The van der Waals surface area contributed by atoms with Gasteiger partial charge in [0.15, 0.2) is 0 Å². The fourth-order valence-corrected chi connectivity index (χ4v) is 3.85. The van der Waals surface area contributed by atoms with Crippen molar-refractivity contribution in [3.8, 4) is 0 Å². The number of hydrogen-bond donors (Lipinski definition) is 2. The van der Waals surface area contributed by atoms with Crippen molar-refractivity contribution in [3.63, 3.8) is 0 Å². The lowest BCUT2D eigenvalue weighted by atomic mass is 9.93. The fraction of sp³-hybridized carbons (Fsp3) is 0.692. The van der Waals surface area contributed by atoms with Crippen LogP contribution in [0.25, 0.3) is 0 Å². The standard InChI is InChI=1S/C13H20ClNO2S/c1-17-6-5-9(8-16)15-11-3-2-4-12-10(11)7-13(14)18-12/h7,9,11,15-16H,2-6,8H2,1H3. The van der Waals surface area contributed by atoms with Gasteiger partial charge in [-0.1, -0.05) is 11.6 Å². The smallest absolute Gasteiger partial charge is 0.0934 e. The lowest BCUT2D eigenvalue weighted by Crippen LogP contribution is -2.37. The molecule has 0 aliphatic heterocycles. The number of rotatable bonds is 6. The second-order valence-corrected chi connectivity index (χ2v) is 6.47. The van der Waals surface area contributed by atoms with Gasteiger partial charge in [0.25, 0.3) is 0 Å². The SMILES string of the molecule is COCCC(CO)NC1CCCc2sc(Cl)cc21. The Morgan fingerprint density at radius 3 is 3.22 bits per heavy atom. The summed E-state index contributed by atoms with van der Waals surface area (Å²) in [6, 6.07) is 2.49. The van der Waals surface area contributed by atoms with Crippen LogP contribution in [-0.4, -0.2) is 31.5 Å². The maximum absolute atomic E-state index is 9.39. The Morgan fingerprint density at radius 1 is 1.67 bits per heavy atom. The van der Waals surface area contributed by atoms with Crippen LogP contribution < -0.4 is 5.32 Å². The molecule has 1 aliphatic rings. The van der Waals surface area contributed by atoms with E-state index in [0.29, 0.717) is 12.6 Å². The van der Waals surface area contributed by atoms with Gasteiger partial charge in [0.05, 0.1) is 10.9 Å². The molecule has 1 aromatic rings. The van der Waals surface area contributed by atoms with Crippen LogP contribution in [-0.2, 0) is 11.2 Å². The van der Waals surface area contributed by atoms with Crippen LogP contribution in [0.3, 0.4) is 0 Å². The van der Waals surface area contributed by atoms with Gasteiger partial charge < -0.3 is 15.2 Å². The van der Waals surface area contributed by atoms with Crippen LogP contribution in [0.1, 0.15) is 35.7 Å². The quantitative estimate of drug-likeness (QED) is 0.846. The largest absolute Gasteiger partial charge is 0.395 e. The molecule has 0 radical (unpaired) electrons. The van der Waals surface area contributed by atoms with E-state index in [1.165, 1.54) is 16.9 Å². The van der Waals surface area contributed by atoms with Crippen LogP contribution in [0.5, 0.6) is 0 Å².